The zero-order chi connectivity index (χ0) is 28.6. The molecule has 208 valence electrons. The van der Waals surface area contributed by atoms with Gasteiger partial charge in [-0.05, 0) is 0 Å². The third kappa shape index (κ3) is 13700. The molecule has 0 saturated heterocycles. The minimum Gasteiger partial charge on any atom is -0.750 e. The van der Waals surface area contributed by atoms with Gasteiger partial charge in [-0.3, -0.25) is 0 Å². The topological polar surface area (TPSA) is 483 Å². The van der Waals surface area contributed by atoms with Crippen LogP contribution in [0.25, 0.3) is 0 Å². The summed E-state index contributed by atoms with van der Waals surface area (Å²) >= 11 is -22.9. The molecule has 0 rings (SSSR count). The van der Waals surface area contributed by atoms with Gasteiger partial charge >= 0.3 is 29.6 Å². The Balaban J connectivity index is -0.0000000284. The Kier molecular flexibility index (Phi) is 98.3. The Morgan fingerprint density at radius 1 is 0.273 bits per heavy atom. The van der Waals surface area contributed by atoms with Crippen molar-refractivity contribution in [2.45, 2.75) is 0 Å². The van der Waals surface area contributed by atoms with Crippen molar-refractivity contribution in [3.63, 3.8) is 0 Å². The van der Waals surface area contributed by atoms with E-state index in [1.54, 1.807) is 0 Å². The van der Waals surface area contributed by atoms with Crippen LogP contribution in [0, 0.1) is 0 Å². The maximum Gasteiger partial charge on any atom is 1.00 e. The van der Waals surface area contributed by atoms with E-state index in [9.17, 15) is 0 Å². The van der Waals surface area contributed by atoms with Crippen molar-refractivity contribution in [1.29, 1.82) is 0 Å². The van der Waals surface area contributed by atoms with Gasteiger partial charge in [0.1, 0.15) is 0 Å². The maximum absolute atomic E-state index is 8.56. The Labute approximate surface area is 225 Å². The molecule has 0 saturated carbocycles. The first-order valence-corrected chi connectivity index (χ1v) is 12.4. The van der Waals surface area contributed by atoms with Crippen LogP contribution < -0.4 is 29.6 Å². The van der Waals surface area contributed by atoms with Crippen LogP contribution in [0.4, 0.5) is 0 Å². The molecular weight excluding hydrogens is 664 g/mol. The molecule has 0 aromatic heterocycles. The van der Waals surface area contributed by atoms with E-state index in [0.29, 0.717) is 0 Å². The zero-order valence-electron chi connectivity index (χ0n) is 14.4. The predicted molar refractivity (Wildman–Crippen MR) is 92.4 cm³/mol. The fourth-order valence-electron chi connectivity index (χ4n) is 0. The summed E-state index contributed by atoms with van der Waals surface area (Å²) in [6.07, 6.45) is 0. The molecule has 0 aliphatic carbocycles. The molecule has 0 aromatic carbocycles. The normalized spacial score (nSPS) is 15.0. The minimum absolute atomic E-state index is 0. The Hall–Kier alpha value is 1.56. The quantitative estimate of drug-likeness (QED) is 0.0875. The second-order valence-electron chi connectivity index (χ2n) is 1.74. The molecule has 0 fully saturated rings. The van der Waals surface area contributed by atoms with E-state index >= 15 is 0 Å². The Morgan fingerprint density at radius 2 is 0.273 bits per heavy atom. The molecule has 33 heteroatoms. The van der Waals surface area contributed by atoms with E-state index < -0.39 is 90.9 Å². The third-order valence-electron chi connectivity index (χ3n) is 0. The van der Waals surface area contributed by atoms with Gasteiger partial charge in [-0.2, -0.15) is 0 Å². The first kappa shape index (κ1) is 59.6. The Morgan fingerprint density at radius 3 is 0.273 bits per heavy atom. The summed E-state index contributed by atoms with van der Waals surface area (Å²) in [4.78, 5) is 0. The first-order valence-electron chi connectivity index (χ1n) is 4.13. The molecule has 8 unspecified atom stereocenters. The molecule has 0 amide bonds. The van der Waals surface area contributed by atoms with E-state index in [0.717, 1.165) is 0 Å². The molecule has 8 N–H and O–H groups in total. The van der Waals surface area contributed by atoms with E-state index in [-0.39, 0.29) is 29.6 Å². The summed E-state index contributed by atoms with van der Waals surface area (Å²) in [6.45, 7) is 0. The molecule has 24 nitrogen and oxygen atoms in total. The van der Waals surface area contributed by atoms with Gasteiger partial charge in [0.05, 0.1) is 90.9 Å². The smallest absolute Gasteiger partial charge is 0.750 e. The molecule has 0 aliphatic rings. The minimum atomic E-state index is -2.86. The Bertz CT molecular complexity index is 361. The predicted octanol–water partition coefficient (Wildman–Crippen LogP) is -8.29. The summed E-state index contributed by atoms with van der Waals surface area (Å²) in [6, 6.07) is 0. The summed E-state index contributed by atoms with van der Waals surface area (Å²) < 4.78 is 193. The van der Waals surface area contributed by atoms with Crippen molar-refractivity contribution in [2.24, 2.45) is 0 Å². The van der Waals surface area contributed by atoms with Crippen molar-refractivity contribution in [1.82, 2.24) is 0 Å². The summed E-state index contributed by atoms with van der Waals surface area (Å²) in [5.74, 6) is 0. The zero-order valence-corrected chi connectivity index (χ0v) is 22.9. The molecule has 0 radical (unpaired) electrons. The summed E-state index contributed by atoms with van der Waals surface area (Å²) in [5.41, 5.74) is 0. The fourth-order valence-corrected chi connectivity index (χ4v) is 0. The van der Waals surface area contributed by atoms with Gasteiger partial charge < -0.3 is 72.8 Å². The van der Waals surface area contributed by atoms with Crippen LogP contribution in [0.5, 0.6) is 0 Å². The monoisotopic (exact) mass is 671 g/mol. The van der Waals surface area contributed by atoms with Crippen LogP contribution in [0.2, 0.25) is 0 Å². The fraction of sp³-hybridized carbons (Fsp3) is 0. The van der Waals surface area contributed by atoms with Crippen LogP contribution >= 0.6 is 0 Å². The molecule has 0 spiro atoms. The number of hydrogen-bond acceptors (Lipinski definition) is 16. The molecule has 0 bridgehead atoms. The van der Waals surface area contributed by atoms with E-state index in [1.807, 2.05) is 0 Å². The van der Waals surface area contributed by atoms with E-state index in [4.69, 9.17) is 107 Å². The van der Waals surface area contributed by atoms with Gasteiger partial charge in [0.25, 0.3) is 0 Å². The third-order valence-corrected chi connectivity index (χ3v) is 0. The van der Waals surface area contributed by atoms with E-state index in [2.05, 4.69) is 0 Å². The molecule has 0 aliphatic heterocycles. The first-order chi connectivity index (χ1) is 13.9. The standard InChI is InChI=1S/Na.8H2O3S/c;8*1-4(2)3/h;8*(H2,1,2,3)/q+1;;;;;;;;/p-8. The average Bonchev–Trinajstić information content (AvgIpc) is 2.30. The van der Waals surface area contributed by atoms with Crippen LogP contribution in [0.1, 0.15) is 0 Å². The SMILES string of the molecule is O=S([O-])O.O=S([O-])O.O=S([O-])O.O=S([O-])O.O=S([O-])O.O=S([O-])O.O=S([O-])O.O=S([O-])O.[Na+]. The molecule has 0 aromatic rings. The number of hydrogen-bond donors (Lipinski definition) is 8. The summed E-state index contributed by atoms with van der Waals surface area (Å²) in [5, 5.41) is 0. The van der Waals surface area contributed by atoms with E-state index in [1.165, 1.54) is 0 Å². The molecule has 0 heterocycles. The van der Waals surface area contributed by atoms with Crippen molar-refractivity contribution in [2.75, 3.05) is 0 Å². The van der Waals surface area contributed by atoms with Crippen molar-refractivity contribution >= 4 is 90.9 Å². The summed E-state index contributed by atoms with van der Waals surface area (Å²) in [7, 11) is 0. The van der Waals surface area contributed by atoms with Crippen LogP contribution in [0.3, 0.4) is 0 Å². The van der Waals surface area contributed by atoms with Crippen LogP contribution in [0.15, 0.2) is 0 Å². The van der Waals surface area contributed by atoms with Gasteiger partial charge in [0, 0.05) is 0 Å². The van der Waals surface area contributed by atoms with Gasteiger partial charge in [0.2, 0.25) is 0 Å². The van der Waals surface area contributed by atoms with Crippen LogP contribution in [-0.4, -0.2) is 107 Å². The van der Waals surface area contributed by atoms with Crippen molar-refractivity contribution in [3.05, 3.63) is 0 Å². The number of rotatable bonds is 0. The second kappa shape index (κ2) is 54.5. The van der Waals surface area contributed by atoms with Gasteiger partial charge in [-0.1, -0.05) is 0 Å². The average molecular weight is 672 g/mol. The second-order valence-corrected chi connectivity index (χ2v) is 5.21. The van der Waals surface area contributed by atoms with Crippen molar-refractivity contribution < 1.29 is 136 Å². The van der Waals surface area contributed by atoms with Crippen molar-refractivity contribution in [3.8, 4) is 0 Å². The molecule has 33 heavy (non-hydrogen) atoms. The van der Waals surface area contributed by atoms with Gasteiger partial charge in [-0.25, -0.2) is 33.7 Å². The largest absolute Gasteiger partial charge is 1.00 e. The molecular formula is H8NaO24S8-7. The van der Waals surface area contributed by atoms with Crippen LogP contribution in [-0.2, 0) is 90.9 Å². The van der Waals surface area contributed by atoms with Gasteiger partial charge in [0.15, 0.2) is 0 Å². The van der Waals surface area contributed by atoms with Gasteiger partial charge in [-0.15, -0.1) is 0 Å². The molecule has 8 atom stereocenters. The maximum atomic E-state index is 8.56.